The third-order valence-corrected chi connectivity index (χ3v) is 4.20. The van der Waals surface area contributed by atoms with Crippen molar-refractivity contribution in [1.29, 1.82) is 0 Å². The van der Waals surface area contributed by atoms with Gasteiger partial charge in [0.25, 0.3) is 0 Å². The van der Waals surface area contributed by atoms with Gasteiger partial charge in [-0.1, -0.05) is 13.3 Å². The fourth-order valence-electron chi connectivity index (χ4n) is 1.61. The van der Waals surface area contributed by atoms with Gasteiger partial charge >= 0.3 is 5.97 Å². The number of hydrogen-bond acceptors (Lipinski definition) is 3. The molecule has 0 aromatic carbocycles. The molecule has 1 aromatic heterocycles. The summed E-state index contributed by atoms with van der Waals surface area (Å²) in [4.78, 5) is 23.9. The molecule has 1 unspecified atom stereocenters. The van der Waals surface area contributed by atoms with Gasteiger partial charge in [-0.3, -0.25) is 4.79 Å². The maximum Gasteiger partial charge on any atom is 0.329 e. The minimum Gasteiger partial charge on any atom is -0.480 e. The Morgan fingerprint density at radius 3 is 2.68 bits per heavy atom. The van der Waals surface area contributed by atoms with Crippen molar-refractivity contribution in [1.82, 2.24) is 5.32 Å². The van der Waals surface area contributed by atoms with E-state index < -0.39 is 17.4 Å². The van der Waals surface area contributed by atoms with Crippen molar-refractivity contribution in [2.24, 2.45) is 0 Å². The van der Waals surface area contributed by atoms with Crippen LogP contribution >= 0.6 is 27.3 Å². The monoisotopic (exact) mass is 345 g/mol. The number of aliphatic carboxylic acids is 1. The van der Waals surface area contributed by atoms with Gasteiger partial charge < -0.3 is 10.4 Å². The van der Waals surface area contributed by atoms with Gasteiger partial charge in [0.15, 0.2) is 0 Å². The Morgan fingerprint density at radius 1 is 1.53 bits per heavy atom. The van der Waals surface area contributed by atoms with Crippen LogP contribution in [0.2, 0.25) is 0 Å². The summed E-state index contributed by atoms with van der Waals surface area (Å²) in [6, 6.07) is 3.77. The standard InChI is InChI=1S/C13H16BrNO3S/c1-3-8-13(2,12(17)18)15-11(16)7-5-9-4-6-10(14)19-9/h4-7H,3,8H2,1-2H3,(H,15,16)(H,17,18)/b7-5+. The van der Waals surface area contributed by atoms with Crippen LogP contribution in [0.4, 0.5) is 0 Å². The SMILES string of the molecule is CCCC(C)(NC(=O)/C=C/c1ccc(Br)s1)C(=O)O. The highest BCUT2D eigenvalue weighted by Gasteiger charge is 2.33. The highest BCUT2D eigenvalue weighted by atomic mass is 79.9. The van der Waals surface area contributed by atoms with Crippen LogP contribution in [0, 0.1) is 0 Å². The number of carboxylic acids is 1. The van der Waals surface area contributed by atoms with E-state index in [1.165, 1.54) is 24.3 Å². The van der Waals surface area contributed by atoms with Gasteiger partial charge in [0.05, 0.1) is 3.79 Å². The van der Waals surface area contributed by atoms with Crippen molar-refractivity contribution in [2.45, 2.75) is 32.2 Å². The molecule has 104 valence electrons. The van der Waals surface area contributed by atoms with E-state index in [4.69, 9.17) is 5.11 Å². The molecule has 0 spiro atoms. The second kappa shape index (κ2) is 6.86. The van der Waals surface area contributed by atoms with Crippen molar-refractivity contribution in [3.8, 4) is 0 Å². The van der Waals surface area contributed by atoms with Gasteiger partial charge in [-0.05, 0) is 47.5 Å². The quantitative estimate of drug-likeness (QED) is 0.777. The fraction of sp³-hybridized carbons (Fsp3) is 0.385. The lowest BCUT2D eigenvalue weighted by molar-refractivity contribution is -0.146. The summed E-state index contributed by atoms with van der Waals surface area (Å²) in [6.07, 6.45) is 4.10. The number of carboxylic acid groups (broad SMARTS) is 1. The highest BCUT2D eigenvalue weighted by Crippen LogP contribution is 2.23. The second-order valence-corrected chi connectivity index (χ2v) is 6.85. The predicted molar refractivity (Wildman–Crippen MR) is 80.1 cm³/mol. The molecular formula is C13H16BrNO3S. The zero-order valence-corrected chi connectivity index (χ0v) is 13.2. The fourth-order valence-corrected chi connectivity index (χ4v) is 2.94. The molecule has 0 radical (unpaired) electrons. The molecule has 6 heteroatoms. The average molecular weight is 346 g/mol. The lowest BCUT2D eigenvalue weighted by Crippen LogP contribution is -2.51. The van der Waals surface area contributed by atoms with Crippen LogP contribution in [-0.2, 0) is 9.59 Å². The maximum absolute atomic E-state index is 11.7. The van der Waals surface area contributed by atoms with Crippen LogP contribution in [0.15, 0.2) is 22.0 Å². The molecule has 0 aliphatic rings. The van der Waals surface area contributed by atoms with Crippen LogP contribution in [-0.4, -0.2) is 22.5 Å². The molecule has 0 saturated carbocycles. The lowest BCUT2D eigenvalue weighted by atomic mass is 9.96. The van der Waals surface area contributed by atoms with E-state index >= 15 is 0 Å². The van der Waals surface area contributed by atoms with Crippen molar-refractivity contribution < 1.29 is 14.7 Å². The Labute approximate surface area is 124 Å². The van der Waals surface area contributed by atoms with Gasteiger partial charge in [-0.15, -0.1) is 11.3 Å². The lowest BCUT2D eigenvalue weighted by Gasteiger charge is -2.24. The van der Waals surface area contributed by atoms with Crippen molar-refractivity contribution >= 4 is 45.2 Å². The predicted octanol–water partition coefficient (Wildman–Crippen LogP) is 3.28. The molecule has 1 aromatic rings. The first-order valence-corrected chi connectivity index (χ1v) is 7.47. The Bertz CT molecular complexity index is 498. The van der Waals surface area contributed by atoms with E-state index in [2.05, 4.69) is 21.2 Å². The van der Waals surface area contributed by atoms with Crippen molar-refractivity contribution in [3.05, 3.63) is 26.9 Å². The first kappa shape index (κ1) is 15.9. The molecule has 0 aliphatic heterocycles. The Hall–Kier alpha value is -1.14. The summed E-state index contributed by atoms with van der Waals surface area (Å²) in [5, 5.41) is 11.7. The van der Waals surface area contributed by atoms with Crippen LogP contribution in [0.25, 0.3) is 6.08 Å². The van der Waals surface area contributed by atoms with E-state index in [1.807, 2.05) is 19.1 Å². The third kappa shape index (κ3) is 4.80. The highest BCUT2D eigenvalue weighted by molar-refractivity contribution is 9.11. The Morgan fingerprint density at radius 2 is 2.21 bits per heavy atom. The van der Waals surface area contributed by atoms with Crippen LogP contribution in [0.1, 0.15) is 31.6 Å². The second-order valence-electron chi connectivity index (χ2n) is 4.35. The summed E-state index contributed by atoms with van der Waals surface area (Å²) in [6.45, 7) is 3.40. The Kier molecular flexibility index (Phi) is 5.75. The number of carbonyl (C=O) groups is 2. The first-order chi connectivity index (χ1) is 8.87. The zero-order valence-electron chi connectivity index (χ0n) is 10.8. The molecule has 2 N–H and O–H groups in total. The topological polar surface area (TPSA) is 66.4 Å². The average Bonchev–Trinajstić information content (AvgIpc) is 2.72. The number of halogens is 1. The van der Waals surface area contributed by atoms with Gasteiger partial charge in [-0.25, -0.2) is 4.79 Å². The molecule has 1 heterocycles. The van der Waals surface area contributed by atoms with Gasteiger partial charge in [0.1, 0.15) is 5.54 Å². The van der Waals surface area contributed by atoms with Gasteiger partial charge in [-0.2, -0.15) is 0 Å². The van der Waals surface area contributed by atoms with Crippen LogP contribution in [0.5, 0.6) is 0 Å². The van der Waals surface area contributed by atoms with E-state index in [9.17, 15) is 9.59 Å². The zero-order chi connectivity index (χ0) is 14.5. The molecule has 4 nitrogen and oxygen atoms in total. The summed E-state index contributed by atoms with van der Waals surface area (Å²) in [7, 11) is 0. The molecule has 0 aliphatic carbocycles. The number of carbonyl (C=O) groups excluding carboxylic acids is 1. The van der Waals surface area contributed by atoms with Crippen molar-refractivity contribution in [3.63, 3.8) is 0 Å². The number of hydrogen-bond donors (Lipinski definition) is 2. The van der Waals surface area contributed by atoms with E-state index in [0.29, 0.717) is 12.8 Å². The largest absolute Gasteiger partial charge is 0.480 e. The normalized spacial score (nSPS) is 14.3. The van der Waals surface area contributed by atoms with Crippen LogP contribution < -0.4 is 5.32 Å². The molecule has 0 bridgehead atoms. The summed E-state index contributed by atoms with van der Waals surface area (Å²) >= 11 is 4.83. The Balaban J connectivity index is 2.68. The number of amides is 1. The number of rotatable bonds is 6. The van der Waals surface area contributed by atoms with E-state index in [-0.39, 0.29) is 0 Å². The summed E-state index contributed by atoms with van der Waals surface area (Å²) in [5.74, 6) is -1.42. The molecule has 1 atom stereocenters. The molecule has 0 saturated heterocycles. The summed E-state index contributed by atoms with van der Waals surface area (Å²) < 4.78 is 0.980. The van der Waals surface area contributed by atoms with E-state index in [1.54, 1.807) is 6.08 Å². The summed E-state index contributed by atoms with van der Waals surface area (Å²) in [5.41, 5.74) is -1.22. The van der Waals surface area contributed by atoms with Gasteiger partial charge in [0, 0.05) is 11.0 Å². The number of thiophene rings is 1. The minimum atomic E-state index is -1.22. The molecule has 1 amide bonds. The minimum absolute atomic E-state index is 0.395. The molecule has 0 fully saturated rings. The van der Waals surface area contributed by atoms with Crippen molar-refractivity contribution in [2.75, 3.05) is 0 Å². The molecule has 1 rings (SSSR count). The van der Waals surface area contributed by atoms with Gasteiger partial charge in [0.2, 0.25) is 5.91 Å². The smallest absolute Gasteiger partial charge is 0.329 e. The molecular weight excluding hydrogens is 330 g/mol. The maximum atomic E-state index is 11.7. The number of nitrogens with one attached hydrogen (secondary N) is 1. The first-order valence-electron chi connectivity index (χ1n) is 5.86. The van der Waals surface area contributed by atoms with Crippen LogP contribution in [0.3, 0.4) is 0 Å². The molecule has 19 heavy (non-hydrogen) atoms. The van der Waals surface area contributed by atoms with E-state index in [0.717, 1.165) is 8.66 Å². The third-order valence-electron chi connectivity index (χ3n) is 2.61.